The Hall–Kier alpha value is -2.81. The summed E-state index contributed by atoms with van der Waals surface area (Å²) >= 11 is 1.56. The quantitative estimate of drug-likeness (QED) is 0.484. The van der Waals surface area contributed by atoms with Gasteiger partial charge in [0.15, 0.2) is 11.0 Å². The van der Waals surface area contributed by atoms with Crippen molar-refractivity contribution in [3.05, 3.63) is 41.6 Å². The minimum Gasteiger partial charge on any atom is -0.479 e. The Labute approximate surface area is 155 Å². The molecule has 0 aliphatic carbocycles. The standard InChI is InChI=1S/C17H19N5O3S/c1-21-9-13(15(20-21)24-3)14-18-19-17(22(14)2)26-10-11-5-7-12(8-6-11)16(23)25-4/h5-9H,10H2,1-4H3. The summed E-state index contributed by atoms with van der Waals surface area (Å²) in [7, 11) is 6.69. The van der Waals surface area contributed by atoms with E-state index >= 15 is 0 Å². The van der Waals surface area contributed by atoms with Crippen LogP contribution in [0.25, 0.3) is 11.4 Å². The average Bonchev–Trinajstić information content (AvgIpc) is 3.21. The number of hydrogen-bond donors (Lipinski definition) is 0. The van der Waals surface area contributed by atoms with Gasteiger partial charge >= 0.3 is 5.97 Å². The molecular weight excluding hydrogens is 354 g/mol. The van der Waals surface area contributed by atoms with Gasteiger partial charge in [-0.25, -0.2) is 4.79 Å². The molecule has 0 bridgehead atoms. The predicted molar refractivity (Wildman–Crippen MR) is 97.1 cm³/mol. The van der Waals surface area contributed by atoms with Gasteiger partial charge < -0.3 is 14.0 Å². The van der Waals surface area contributed by atoms with Crippen molar-refractivity contribution >= 4 is 17.7 Å². The largest absolute Gasteiger partial charge is 0.479 e. The van der Waals surface area contributed by atoms with Crippen LogP contribution in [0.1, 0.15) is 15.9 Å². The van der Waals surface area contributed by atoms with E-state index < -0.39 is 0 Å². The summed E-state index contributed by atoms with van der Waals surface area (Å²) in [6.07, 6.45) is 1.85. The minimum atomic E-state index is -0.340. The van der Waals surface area contributed by atoms with Crippen molar-refractivity contribution in [2.75, 3.05) is 14.2 Å². The highest BCUT2D eigenvalue weighted by Crippen LogP contribution is 2.30. The Morgan fingerprint density at radius 2 is 1.88 bits per heavy atom. The predicted octanol–water partition coefficient (Wildman–Crippen LogP) is 2.30. The van der Waals surface area contributed by atoms with Gasteiger partial charge in [-0.3, -0.25) is 4.68 Å². The molecular formula is C17H19N5O3S. The lowest BCUT2D eigenvalue weighted by Crippen LogP contribution is -2.00. The van der Waals surface area contributed by atoms with Crippen LogP contribution in [0.4, 0.5) is 0 Å². The van der Waals surface area contributed by atoms with Gasteiger partial charge in [0.2, 0.25) is 5.88 Å². The third-order valence-electron chi connectivity index (χ3n) is 3.81. The molecule has 2 aromatic heterocycles. The van der Waals surface area contributed by atoms with E-state index in [-0.39, 0.29) is 5.97 Å². The number of ether oxygens (including phenoxy) is 2. The van der Waals surface area contributed by atoms with Crippen LogP contribution in [0.3, 0.4) is 0 Å². The number of aromatic nitrogens is 5. The van der Waals surface area contributed by atoms with Crippen molar-refractivity contribution < 1.29 is 14.3 Å². The second kappa shape index (κ2) is 7.61. The SMILES string of the molecule is COC(=O)c1ccc(CSc2nnc(-c3cn(C)nc3OC)n2C)cc1. The number of aryl methyl sites for hydroxylation is 1. The summed E-state index contributed by atoms with van der Waals surface area (Å²) < 4.78 is 13.6. The van der Waals surface area contributed by atoms with E-state index in [0.717, 1.165) is 16.3 Å². The summed E-state index contributed by atoms with van der Waals surface area (Å²) in [5.74, 6) is 1.57. The van der Waals surface area contributed by atoms with Crippen molar-refractivity contribution in [1.82, 2.24) is 24.5 Å². The number of esters is 1. The zero-order valence-corrected chi connectivity index (χ0v) is 15.8. The van der Waals surface area contributed by atoms with Gasteiger partial charge in [0.05, 0.1) is 19.8 Å². The van der Waals surface area contributed by atoms with Crippen LogP contribution in [0.5, 0.6) is 5.88 Å². The van der Waals surface area contributed by atoms with E-state index in [2.05, 4.69) is 15.3 Å². The van der Waals surface area contributed by atoms with Crippen LogP contribution >= 0.6 is 11.8 Å². The Morgan fingerprint density at radius 3 is 2.54 bits per heavy atom. The molecule has 0 spiro atoms. The zero-order chi connectivity index (χ0) is 18.7. The molecule has 0 aliphatic heterocycles. The molecule has 0 atom stereocenters. The molecule has 3 rings (SSSR count). The highest BCUT2D eigenvalue weighted by atomic mass is 32.2. The van der Waals surface area contributed by atoms with Gasteiger partial charge in [0.25, 0.3) is 0 Å². The zero-order valence-electron chi connectivity index (χ0n) is 15.0. The van der Waals surface area contributed by atoms with Crippen molar-refractivity contribution in [1.29, 1.82) is 0 Å². The molecule has 2 heterocycles. The molecule has 26 heavy (non-hydrogen) atoms. The minimum absolute atomic E-state index is 0.340. The Kier molecular flexibility index (Phi) is 5.27. The van der Waals surface area contributed by atoms with Gasteiger partial charge in [0, 0.05) is 26.0 Å². The first-order valence-corrected chi connectivity index (χ1v) is 8.79. The molecule has 0 amide bonds. The van der Waals surface area contributed by atoms with Gasteiger partial charge in [-0.1, -0.05) is 23.9 Å². The van der Waals surface area contributed by atoms with E-state index in [9.17, 15) is 4.79 Å². The van der Waals surface area contributed by atoms with Crippen molar-refractivity contribution in [2.45, 2.75) is 10.9 Å². The summed E-state index contributed by atoms with van der Waals surface area (Å²) in [6.45, 7) is 0. The third-order valence-corrected chi connectivity index (χ3v) is 4.90. The first kappa shape index (κ1) is 18.0. The maximum atomic E-state index is 11.5. The fourth-order valence-corrected chi connectivity index (χ4v) is 3.32. The maximum absolute atomic E-state index is 11.5. The number of benzene rings is 1. The molecule has 1 aromatic carbocycles. The van der Waals surface area contributed by atoms with Gasteiger partial charge in [-0.05, 0) is 17.7 Å². The van der Waals surface area contributed by atoms with Crippen LogP contribution in [0.2, 0.25) is 0 Å². The second-order valence-electron chi connectivity index (χ2n) is 5.57. The highest BCUT2D eigenvalue weighted by molar-refractivity contribution is 7.98. The lowest BCUT2D eigenvalue weighted by atomic mass is 10.1. The fraction of sp³-hybridized carbons (Fsp3) is 0.294. The Morgan fingerprint density at radius 1 is 1.15 bits per heavy atom. The molecule has 136 valence electrons. The van der Waals surface area contributed by atoms with E-state index in [4.69, 9.17) is 9.47 Å². The van der Waals surface area contributed by atoms with Gasteiger partial charge in [-0.15, -0.1) is 15.3 Å². The molecule has 0 radical (unpaired) electrons. The molecule has 8 nitrogen and oxygen atoms in total. The normalized spacial score (nSPS) is 10.8. The van der Waals surface area contributed by atoms with Crippen molar-refractivity contribution in [3.8, 4) is 17.3 Å². The molecule has 0 aliphatic rings. The number of hydrogen-bond acceptors (Lipinski definition) is 7. The fourth-order valence-electron chi connectivity index (χ4n) is 2.45. The second-order valence-corrected chi connectivity index (χ2v) is 6.51. The smallest absolute Gasteiger partial charge is 0.337 e. The first-order chi connectivity index (χ1) is 12.5. The number of carbonyl (C=O) groups excluding carboxylic acids is 1. The first-order valence-electron chi connectivity index (χ1n) is 7.81. The molecule has 0 saturated heterocycles. The lowest BCUT2D eigenvalue weighted by molar-refractivity contribution is 0.0600. The van der Waals surface area contributed by atoms with Gasteiger partial charge in [-0.2, -0.15) is 0 Å². The number of rotatable bonds is 6. The van der Waals surface area contributed by atoms with Crippen LogP contribution in [0.15, 0.2) is 35.6 Å². The number of methoxy groups -OCH3 is 2. The van der Waals surface area contributed by atoms with Crippen LogP contribution in [0, 0.1) is 0 Å². The topological polar surface area (TPSA) is 84.1 Å². The molecule has 0 fully saturated rings. The summed E-state index contributed by atoms with van der Waals surface area (Å²) in [5.41, 5.74) is 2.40. The Balaban J connectivity index is 1.73. The van der Waals surface area contributed by atoms with E-state index in [1.807, 2.05) is 37.0 Å². The van der Waals surface area contributed by atoms with E-state index in [0.29, 0.717) is 23.0 Å². The number of thioether (sulfide) groups is 1. The molecule has 0 saturated carbocycles. The van der Waals surface area contributed by atoms with Crippen molar-refractivity contribution in [2.24, 2.45) is 14.1 Å². The van der Waals surface area contributed by atoms with Crippen LogP contribution in [-0.4, -0.2) is 44.7 Å². The summed E-state index contributed by atoms with van der Waals surface area (Å²) in [5, 5.41) is 13.6. The molecule has 0 unspecified atom stereocenters. The summed E-state index contributed by atoms with van der Waals surface area (Å²) in [6, 6.07) is 7.32. The maximum Gasteiger partial charge on any atom is 0.337 e. The van der Waals surface area contributed by atoms with Crippen LogP contribution < -0.4 is 4.74 Å². The summed E-state index contributed by atoms with van der Waals surface area (Å²) in [4.78, 5) is 11.5. The number of carbonyl (C=O) groups is 1. The van der Waals surface area contributed by atoms with E-state index in [1.165, 1.54) is 7.11 Å². The third kappa shape index (κ3) is 3.57. The molecule has 3 aromatic rings. The van der Waals surface area contributed by atoms with E-state index in [1.54, 1.807) is 35.7 Å². The Bertz CT molecular complexity index is 917. The average molecular weight is 373 g/mol. The lowest BCUT2D eigenvalue weighted by Gasteiger charge is -2.05. The highest BCUT2D eigenvalue weighted by Gasteiger charge is 2.18. The number of nitrogens with zero attached hydrogens (tertiary/aromatic N) is 5. The molecule has 0 N–H and O–H groups in total. The van der Waals surface area contributed by atoms with Gasteiger partial charge in [0.1, 0.15) is 5.56 Å². The molecule has 9 heteroatoms. The van der Waals surface area contributed by atoms with Crippen molar-refractivity contribution in [3.63, 3.8) is 0 Å². The monoisotopic (exact) mass is 373 g/mol. The van der Waals surface area contributed by atoms with Crippen LogP contribution in [-0.2, 0) is 24.6 Å².